The lowest BCUT2D eigenvalue weighted by Gasteiger charge is -2.22. The molecule has 2 aromatic rings. The molecule has 1 fully saturated rings. The van der Waals surface area contributed by atoms with E-state index in [4.69, 9.17) is 16.3 Å². The molecule has 3 rings (SSSR count). The Hall–Kier alpha value is -1.20. The lowest BCUT2D eigenvalue weighted by Crippen LogP contribution is -2.20. The summed E-state index contributed by atoms with van der Waals surface area (Å²) in [5.74, 6) is 0. The highest BCUT2D eigenvalue weighted by atomic mass is 35.5. The van der Waals surface area contributed by atoms with Crippen molar-refractivity contribution < 1.29 is 4.74 Å². The van der Waals surface area contributed by atoms with Crippen LogP contribution < -0.4 is 0 Å². The van der Waals surface area contributed by atoms with Crippen molar-refractivity contribution in [2.24, 2.45) is 0 Å². The Kier molecular flexibility index (Phi) is 2.72. The molecule has 2 aromatic heterocycles. The summed E-state index contributed by atoms with van der Waals surface area (Å²) in [5, 5.41) is 5.80. The van der Waals surface area contributed by atoms with Crippen molar-refractivity contribution >= 4 is 22.6 Å². The number of halogens is 1. The zero-order chi connectivity index (χ0) is 11.8. The number of nitrogens with zero attached hydrogens (tertiary/aromatic N) is 4. The molecule has 0 radical (unpaired) electrons. The maximum atomic E-state index is 5.85. The van der Waals surface area contributed by atoms with Gasteiger partial charge in [0.2, 0.25) is 5.28 Å². The molecule has 1 aliphatic heterocycles. The van der Waals surface area contributed by atoms with Crippen molar-refractivity contribution in [1.29, 1.82) is 0 Å². The Balaban J connectivity index is 2.11. The summed E-state index contributed by atoms with van der Waals surface area (Å²) in [6.07, 6.45) is 3.68. The van der Waals surface area contributed by atoms with Crippen LogP contribution in [0.4, 0.5) is 0 Å². The van der Waals surface area contributed by atoms with Crippen molar-refractivity contribution in [3.8, 4) is 0 Å². The summed E-state index contributed by atoms with van der Waals surface area (Å²) < 4.78 is 7.34. The molecule has 1 saturated heterocycles. The van der Waals surface area contributed by atoms with Crippen LogP contribution in [0, 0.1) is 6.92 Å². The van der Waals surface area contributed by atoms with E-state index in [1.807, 2.05) is 11.6 Å². The van der Waals surface area contributed by atoms with Gasteiger partial charge in [-0.05, 0) is 31.4 Å². The molecule has 0 atom stereocenters. The number of rotatable bonds is 1. The Labute approximate surface area is 104 Å². The zero-order valence-electron chi connectivity index (χ0n) is 9.56. The Morgan fingerprint density at radius 3 is 2.94 bits per heavy atom. The van der Waals surface area contributed by atoms with E-state index in [1.54, 1.807) is 6.20 Å². The maximum Gasteiger partial charge on any atom is 0.224 e. The van der Waals surface area contributed by atoms with Crippen LogP contribution in [0.15, 0.2) is 6.20 Å². The number of ether oxygens (including phenoxy) is 1. The van der Waals surface area contributed by atoms with Crippen molar-refractivity contribution in [3.63, 3.8) is 0 Å². The van der Waals surface area contributed by atoms with Gasteiger partial charge in [-0.3, -0.25) is 0 Å². The van der Waals surface area contributed by atoms with E-state index in [9.17, 15) is 0 Å². The van der Waals surface area contributed by atoms with Gasteiger partial charge in [0.15, 0.2) is 5.65 Å². The monoisotopic (exact) mass is 252 g/mol. The van der Waals surface area contributed by atoms with E-state index in [2.05, 4.69) is 15.1 Å². The molecule has 0 unspecified atom stereocenters. The molecule has 17 heavy (non-hydrogen) atoms. The molecule has 90 valence electrons. The van der Waals surface area contributed by atoms with Crippen LogP contribution in [0.3, 0.4) is 0 Å². The van der Waals surface area contributed by atoms with Gasteiger partial charge in [-0.25, -0.2) is 9.67 Å². The first-order chi connectivity index (χ1) is 8.25. The topological polar surface area (TPSA) is 52.8 Å². The molecule has 0 amide bonds. The highest BCUT2D eigenvalue weighted by Crippen LogP contribution is 2.26. The van der Waals surface area contributed by atoms with Gasteiger partial charge in [-0.1, -0.05) is 0 Å². The lowest BCUT2D eigenvalue weighted by molar-refractivity contribution is 0.0672. The van der Waals surface area contributed by atoms with E-state index in [-0.39, 0.29) is 5.28 Å². The van der Waals surface area contributed by atoms with Gasteiger partial charge in [-0.15, -0.1) is 0 Å². The summed E-state index contributed by atoms with van der Waals surface area (Å²) in [6.45, 7) is 3.53. The first kappa shape index (κ1) is 10.9. The first-order valence-electron chi connectivity index (χ1n) is 5.71. The van der Waals surface area contributed by atoms with Crippen molar-refractivity contribution in [2.45, 2.75) is 25.8 Å². The zero-order valence-corrected chi connectivity index (χ0v) is 10.3. The number of aryl methyl sites for hydroxylation is 1. The largest absolute Gasteiger partial charge is 0.381 e. The lowest BCUT2D eigenvalue weighted by atomic mass is 10.1. The van der Waals surface area contributed by atoms with Crippen LogP contribution in [0.2, 0.25) is 5.28 Å². The minimum absolute atomic E-state index is 0.269. The summed E-state index contributed by atoms with van der Waals surface area (Å²) in [6, 6.07) is 0.353. The molecule has 1 aliphatic rings. The van der Waals surface area contributed by atoms with E-state index >= 15 is 0 Å². The molecule has 0 aliphatic carbocycles. The third-order valence-corrected chi connectivity index (χ3v) is 3.32. The minimum atomic E-state index is 0.269. The molecule has 0 bridgehead atoms. The van der Waals surface area contributed by atoms with Crippen LogP contribution in [0.25, 0.3) is 11.0 Å². The van der Waals surface area contributed by atoms with Crippen LogP contribution in [-0.4, -0.2) is 33.0 Å². The highest BCUT2D eigenvalue weighted by molar-refractivity contribution is 6.28. The van der Waals surface area contributed by atoms with E-state index in [1.165, 1.54) is 0 Å². The van der Waals surface area contributed by atoms with E-state index < -0.39 is 0 Å². The maximum absolute atomic E-state index is 5.85. The summed E-state index contributed by atoms with van der Waals surface area (Å²) in [4.78, 5) is 8.29. The van der Waals surface area contributed by atoms with Crippen LogP contribution in [-0.2, 0) is 4.74 Å². The number of aromatic nitrogens is 4. The SMILES string of the molecule is Cc1nn(C2CCOCC2)c2nc(Cl)ncc12. The Morgan fingerprint density at radius 1 is 1.41 bits per heavy atom. The fourth-order valence-electron chi connectivity index (χ4n) is 2.23. The molecular weight excluding hydrogens is 240 g/mol. The molecule has 0 spiro atoms. The van der Waals surface area contributed by atoms with Gasteiger partial charge in [0.1, 0.15) is 0 Å². The molecule has 0 aromatic carbocycles. The normalized spacial score (nSPS) is 17.8. The average Bonchev–Trinajstić information content (AvgIpc) is 2.67. The van der Waals surface area contributed by atoms with Gasteiger partial charge in [-0.2, -0.15) is 10.1 Å². The average molecular weight is 253 g/mol. The molecule has 0 N–H and O–H groups in total. The molecule has 6 heteroatoms. The molecule has 5 nitrogen and oxygen atoms in total. The van der Waals surface area contributed by atoms with Gasteiger partial charge in [0, 0.05) is 19.4 Å². The second-order valence-electron chi connectivity index (χ2n) is 4.25. The van der Waals surface area contributed by atoms with Crippen LogP contribution >= 0.6 is 11.6 Å². The second kappa shape index (κ2) is 4.23. The van der Waals surface area contributed by atoms with Crippen molar-refractivity contribution in [2.75, 3.05) is 13.2 Å². The van der Waals surface area contributed by atoms with Gasteiger partial charge < -0.3 is 4.74 Å². The van der Waals surface area contributed by atoms with Crippen LogP contribution in [0.1, 0.15) is 24.6 Å². The summed E-state index contributed by atoms with van der Waals surface area (Å²) >= 11 is 5.85. The number of hydrogen-bond acceptors (Lipinski definition) is 4. The fraction of sp³-hybridized carbons (Fsp3) is 0.545. The molecular formula is C11H13ClN4O. The minimum Gasteiger partial charge on any atom is -0.381 e. The predicted molar refractivity (Wildman–Crippen MR) is 64.2 cm³/mol. The quantitative estimate of drug-likeness (QED) is 0.730. The third-order valence-electron chi connectivity index (χ3n) is 3.14. The first-order valence-corrected chi connectivity index (χ1v) is 6.08. The molecule has 0 saturated carbocycles. The molecule has 3 heterocycles. The fourth-order valence-corrected chi connectivity index (χ4v) is 2.36. The Morgan fingerprint density at radius 2 is 2.18 bits per heavy atom. The van der Waals surface area contributed by atoms with Crippen molar-refractivity contribution in [1.82, 2.24) is 19.7 Å². The number of hydrogen-bond donors (Lipinski definition) is 0. The van der Waals surface area contributed by atoms with E-state index in [0.29, 0.717) is 6.04 Å². The predicted octanol–water partition coefficient (Wildman–Crippen LogP) is 2.14. The summed E-state index contributed by atoms with van der Waals surface area (Å²) in [7, 11) is 0. The van der Waals surface area contributed by atoms with Gasteiger partial charge in [0.25, 0.3) is 0 Å². The second-order valence-corrected chi connectivity index (χ2v) is 4.59. The Bertz CT molecular complexity index is 548. The summed E-state index contributed by atoms with van der Waals surface area (Å²) in [5.41, 5.74) is 1.78. The smallest absolute Gasteiger partial charge is 0.224 e. The van der Waals surface area contributed by atoms with Gasteiger partial charge >= 0.3 is 0 Å². The van der Waals surface area contributed by atoms with Crippen molar-refractivity contribution in [3.05, 3.63) is 17.2 Å². The van der Waals surface area contributed by atoms with Gasteiger partial charge in [0.05, 0.1) is 17.1 Å². The third kappa shape index (κ3) is 1.89. The number of fused-ring (bicyclic) bond motifs is 1. The van der Waals surface area contributed by atoms with Crippen LogP contribution in [0.5, 0.6) is 0 Å². The van der Waals surface area contributed by atoms with E-state index in [0.717, 1.165) is 42.8 Å². The highest BCUT2D eigenvalue weighted by Gasteiger charge is 2.20. The standard InChI is InChI=1S/C11H13ClN4O/c1-7-9-6-13-11(12)14-10(9)16(15-7)8-2-4-17-5-3-8/h6,8H,2-5H2,1H3.